The molecule has 0 spiro atoms. The molecule has 3 heteroatoms. The molecule has 1 aliphatic carbocycles. The number of carbonyl (C=O) groups excluding carboxylic acids is 2. The number of rotatable bonds is 4. The lowest BCUT2D eigenvalue weighted by molar-refractivity contribution is -0.142. The van der Waals surface area contributed by atoms with E-state index in [1.54, 1.807) is 0 Å². The van der Waals surface area contributed by atoms with E-state index < -0.39 is 5.97 Å². The Labute approximate surface area is 109 Å². The van der Waals surface area contributed by atoms with Gasteiger partial charge in [0, 0.05) is 0 Å². The lowest BCUT2D eigenvalue weighted by Crippen LogP contribution is -2.19. The number of esters is 1. The van der Waals surface area contributed by atoms with Crippen molar-refractivity contribution in [1.29, 1.82) is 0 Å². The zero-order valence-electron chi connectivity index (χ0n) is 11.7. The largest absolute Gasteiger partial charge is 0.469 e. The van der Waals surface area contributed by atoms with Crippen LogP contribution in [-0.2, 0) is 14.3 Å². The maximum atomic E-state index is 11.6. The third-order valence-corrected chi connectivity index (χ3v) is 3.52. The normalized spacial score (nSPS) is 19.1. The second-order valence-corrected chi connectivity index (χ2v) is 5.48. The van der Waals surface area contributed by atoms with Crippen LogP contribution in [0, 0.1) is 5.41 Å². The average Bonchev–Trinajstić information content (AvgIpc) is 2.27. The lowest BCUT2D eigenvalue weighted by Gasteiger charge is -2.32. The van der Waals surface area contributed by atoms with Gasteiger partial charge in [-0.05, 0) is 43.3 Å². The van der Waals surface area contributed by atoms with Crippen molar-refractivity contribution in [2.45, 2.75) is 46.5 Å². The van der Waals surface area contributed by atoms with Crippen LogP contribution in [0.15, 0.2) is 23.3 Å². The number of ketones is 1. The van der Waals surface area contributed by atoms with Gasteiger partial charge in [0.15, 0.2) is 5.78 Å². The summed E-state index contributed by atoms with van der Waals surface area (Å²) in [5, 5.41) is 0. The molecule has 0 saturated carbocycles. The number of hydrogen-bond acceptors (Lipinski definition) is 3. The minimum absolute atomic E-state index is 0.115. The average molecular weight is 250 g/mol. The first-order valence-electron chi connectivity index (χ1n) is 6.35. The first-order valence-corrected chi connectivity index (χ1v) is 6.35. The summed E-state index contributed by atoms with van der Waals surface area (Å²) < 4.78 is 4.47. The molecule has 1 rings (SSSR count). The first-order chi connectivity index (χ1) is 8.36. The van der Waals surface area contributed by atoms with Gasteiger partial charge in [-0.15, -0.1) is 0 Å². The van der Waals surface area contributed by atoms with Crippen LogP contribution < -0.4 is 0 Å². The summed E-state index contributed by atoms with van der Waals surface area (Å²) in [6.07, 6.45) is 6.62. The second kappa shape index (κ2) is 5.98. The molecule has 0 N–H and O–H groups in total. The highest BCUT2D eigenvalue weighted by molar-refractivity contribution is 6.02. The van der Waals surface area contributed by atoms with Crippen molar-refractivity contribution in [3.8, 4) is 0 Å². The number of carbonyl (C=O) groups is 2. The molecule has 0 amide bonds. The summed E-state index contributed by atoms with van der Waals surface area (Å²) >= 11 is 0. The molecule has 0 aliphatic heterocycles. The Bertz CT molecular complexity index is 400. The molecular formula is C15H22O3. The van der Waals surface area contributed by atoms with Crippen LogP contribution in [0.4, 0.5) is 0 Å². The standard InChI is InChI=1S/C15H22O3/c1-11-6-5-9-15(2,3)13(11)8-7-12(16)10-14(17)18-4/h7-8H,5-6,9-10H2,1-4H3/b8-7+. The van der Waals surface area contributed by atoms with Crippen LogP contribution in [0.2, 0.25) is 0 Å². The third kappa shape index (κ3) is 3.83. The van der Waals surface area contributed by atoms with Gasteiger partial charge in [-0.1, -0.05) is 25.5 Å². The van der Waals surface area contributed by atoms with E-state index >= 15 is 0 Å². The Kier molecular flexibility index (Phi) is 4.88. The van der Waals surface area contributed by atoms with Gasteiger partial charge in [0.25, 0.3) is 0 Å². The highest BCUT2D eigenvalue weighted by Crippen LogP contribution is 2.40. The zero-order valence-corrected chi connectivity index (χ0v) is 11.7. The van der Waals surface area contributed by atoms with Crippen molar-refractivity contribution in [2.75, 3.05) is 7.11 Å². The second-order valence-electron chi connectivity index (χ2n) is 5.48. The Morgan fingerprint density at radius 2 is 2.06 bits per heavy atom. The predicted octanol–water partition coefficient (Wildman–Crippen LogP) is 3.20. The van der Waals surface area contributed by atoms with E-state index in [0.29, 0.717) is 0 Å². The van der Waals surface area contributed by atoms with Crippen LogP contribution in [0.1, 0.15) is 46.5 Å². The van der Waals surface area contributed by atoms with Crippen molar-refractivity contribution in [3.05, 3.63) is 23.3 Å². The molecule has 1 aliphatic rings. The quantitative estimate of drug-likeness (QED) is 0.437. The summed E-state index contributed by atoms with van der Waals surface area (Å²) in [6, 6.07) is 0. The van der Waals surface area contributed by atoms with Gasteiger partial charge in [0.05, 0.1) is 7.11 Å². The van der Waals surface area contributed by atoms with Crippen molar-refractivity contribution in [2.24, 2.45) is 5.41 Å². The lowest BCUT2D eigenvalue weighted by atomic mass is 9.72. The van der Waals surface area contributed by atoms with Gasteiger partial charge in [0.2, 0.25) is 0 Å². The van der Waals surface area contributed by atoms with E-state index in [2.05, 4.69) is 25.5 Å². The van der Waals surface area contributed by atoms with E-state index in [1.165, 1.54) is 30.8 Å². The van der Waals surface area contributed by atoms with Crippen molar-refractivity contribution >= 4 is 11.8 Å². The van der Waals surface area contributed by atoms with E-state index in [0.717, 1.165) is 12.8 Å². The topological polar surface area (TPSA) is 43.4 Å². The summed E-state index contributed by atoms with van der Waals surface area (Å²) in [6.45, 7) is 6.51. The SMILES string of the molecule is COC(=O)CC(=O)/C=C/C1=C(C)CCCC1(C)C. The van der Waals surface area contributed by atoms with E-state index in [4.69, 9.17) is 0 Å². The molecule has 0 atom stereocenters. The Morgan fingerprint density at radius 3 is 2.61 bits per heavy atom. The van der Waals surface area contributed by atoms with Crippen molar-refractivity contribution in [3.63, 3.8) is 0 Å². The molecule has 3 nitrogen and oxygen atoms in total. The van der Waals surface area contributed by atoms with Crippen molar-refractivity contribution in [1.82, 2.24) is 0 Å². The van der Waals surface area contributed by atoms with Gasteiger partial charge >= 0.3 is 5.97 Å². The molecule has 0 aromatic rings. The summed E-state index contributed by atoms with van der Waals surface area (Å²) in [5.74, 6) is -0.693. The molecule has 0 aromatic carbocycles. The number of methoxy groups -OCH3 is 1. The maximum Gasteiger partial charge on any atom is 0.313 e. The van der Waals surface area contributed by atoms with Crippen LogP contribution in [0.25, 0.3) is 0 Å². The smallest absolute Gasteiger partial charge is 0.313 e. The molecular weight excluding hydrogens is 228 g/mol. The number of ether oxygens (including phenoxy) is 1. The fourth-order valence-corrected chi connectivity index (χ4v) is 2.46. The third-order valence-electron chi connectivity index (χ3n) is 3.52. The Balaban J connectivity index is 2.76. The molecule has 18 heavy (non-hydrogen) atoms. The van der Waals surface area contributed by atoms with Crippen LogP contribution in [-0.4, -0.2) is 18.9 Å². The predicted molar refractivity (Wildman–Crippen MR) is 71.1 cm³/mol. The highest BCUT2D eigenvalue weighted by atomic mass is 16.5. The van der Waals surface area contributed by atoms with E-state index in [1.807, 2.05) is 6.08 Å². The first kappa shape index (κ1) is 14.7. The van der Waals surface area contributed by atoms with Gasteiger partial charge < -0.3 is 4.74 Å². The van der Waals surface area contributed by atoms with E-state index in [-0.39, 0.29) is 17.6 Å². The highest BCUT2D eigenvalue weighted by Gasteiger charge is 2.26. The summed E-state index contributed by atoms with van der Waals surface area (Å²) in [7, 11) is 1.29. The zero-order chi connectivity index (χ0) is 13.8. The fourth-order valence-electron chi connectivity index (χ4n) is 2.46. The molecule has 0 heterocycles. The van der Waals surface area contributed by atoms with Crippen LogP contribution >= 0.6 is 0 Å². The van der Waals surface area contributed by atoms with Gasteiger partial charge in [-0.3, -0.25) is 9.59 Å². The molecule has 100 valence electrons. The summed E-state index contributed by atoms with van der Waals surface area (Å²) in [5.41, 5.74) is 2.69. The molecule has 0 saturated heterocycles. The molecule has 0 fully saturated rings. The Morgan fingerprint density at radius 1 is 1.39 bits per heavy atom. The summed E-state index contributed by atoms with van der Waals surface area (Å²) in [4.78, 5) is 22.5. The fraction of sp³-hybridized carbons (Fsp3) is 0.600. The number of allylic oxidation sites excluding steroid dienone is 4. The van der Waals surface area contributed by atoms with Gasteiger partial charge in [-0.25, -0.2) is 0 Å². The minimum atomic E-state index is -0.488. The van der Waals surface area contributed by atoms with Gasteiger partial charge in [-0.2, -0.15) is 0 Å². The van der Waals surface area contributed by atoms with Crippen LogP contribution in [0.5, 0.6) is 0 Å². The van der Waals surface area contributed by atoms with E-state index in [9.17, 15) is 9.59 Å². The molecule has 0 unspecified atom stereocenters. The number of hydrogen-bond donors (Lipinski definition) is 0. The monoisotopic (exact) mass is 250 g/mol. The van der Waals surface area contributed by atoms with Crippen molar-refractivity contribution < 1.29 is 14.3 Å². The Hall–Kier alpha value is -1.38. The maximum absolute atomic E-state index is 11.6. The molecule has 0 radical (unpaired) electrons. The molecule has 0 aromatic heterocycles. The van der Waals surface area contributed by atoms with Crippen LogP contribution in [0.3, 0.4) is 0 Å². The van der Waals surface area contributed by atoms with Gasteiger partial charge in [0.1, 0.15) is 6.42 Å². The molecule has 0 bridgehead atoms. The minimum Gasteiger partial charge on any atom is -0.469 e.